The Labute approximate surface area is 171 Å². The smallest absolute Gasteiger partial charge is 0.123 e. The highest BCUT2D eigenvalue weighted by Crippen LogP contribution is 2.39. The molecule has 3 nitrogen and oxygen atoms in total. The van der Waals surface area contributed by atoms with Gasteiger partial charge in [0, 0.05) is 25.0 Å². The number of fused-ring (bicyclic) bond motifs is 2. The predicted octanol–water partition coefficient (Wildman–Crippen LogP) is 5.21. The Hall–Kier alpha value is -2.88. The van der Waals surface area contributed by atoms with Gasteiger partial charge in [-0.25, -0.2) is 0 Å². The van der Waals surface area contributed by atoms with Crippen molar-refractivity contribution in [2.45, 2.75) is 6.42 Å². The summed E-state index contributed by atoms with van der Waals surface area (Å²) in [5.41, 5.74) is 6.42. The summed E-state index contributed by atoms with van der Waals surface area (Å²) in [6, 6.07) is 20.5. The van der Waals surface area contributed by atoms with Crippen molar-refractivity contribution in [1.82, 2.24) is 4.90 Å². The highest BCUT2D eigenvalue weighted by atomic mass is 16.5. The molecule has 146 valence electrons. The molecule has 0 atom stereocenters. The predicted molar refractivity (Wildman–Crippen MR) is 120 cm³/mol. The third kappa shape index (κ3) is 3.59. The lowest BCUT2D eigenvalue weighted by Crippen LogP contribution is -2.36. The fourth-order valence-corrected chi connectivity index (χ4v) is 4.39. The fraction of sp³-hybridized carbons (Fsp3) is 0.231. The van der Waals surface area contributed by atoms with E-state index in [4.69, 9.17) is 4.74 Å². The maximum absolute atomic E-state index is 10.2. The van der Waals surface area contributed by atoms with Crippen LogP contribution in [0.2, 0.25) is 0 Å². The zero-order valence-corrected chi connectivity index (χ0v) is 16.5. The Bertz CT molecular complexity index is 1110. The van der Waals surface area contributed by atoms with Gasteiger partial charge in [-0.3, -0.25) is 4.90 Å². The van der Waals surface area contributed by atoms with Gasteiger partial charge in [-0.1, -0.05) is 60.7 Å². The van der Waals surface area contributed by atoms with Crippen molar-refractivity contribution in [2.75, 3.05) is 32.8 Å². The van der Waals surface area contributed by atoms with E-state index < -0.39 is 0 Å². The lowest BCUT2D eigenvalue weighted by molar-refractivity contribution is 0.0390. The first kappa shape index (κ1) is 18.2. The number of phenolic OH excluding ortho intramolecular Hbond substituents is 1. The van der Waals surface area contributed by atoms with Crippen molar-refractivity contribution < 1.29 is 9.84 Å². The summed E-state index contributed by atoms with van der Waals surface area (Å²) in [7, 11) is 0. The molecule has 1 aliphatic heterocycles. The molecule has 0 radical (unpaired) electrons. The fourth-order valence-electron chi connectivity index (χ4n) is 4.39. The largest absolute Gasteiger partial charge is 0.507 e. The Morgan fingerprint density at radius 2 is 1.59 bits per heavy atom. The van der Waals surface area contributed by atoms with Gasteiger partial charge >= 0.3 is 0 Å². The molecule has 2 aliphatic rings. The molecule has 5 rings (SSSR count). The Morgan fingerprint density at radius 3 is 2.41 bits per heavy atom. The van der Waals surface area contributed by atoms with Crippen LogP contribution in [0.4, 0.5) is 0 Å². The maximum atomic E-state index is 10.2. The topological polar surface area (TPSA) is 32.7 Å². The monoisotopic (exact) mass is 383 g/mol. The van der Waals surface area contributed by atoms with Gasteiger partial charge in [-0.15, -0.1) is 0 Å². The molecule has 0 saturated carbocycles. The zero-order chi connectivity index (χ0) is 19.6. The highest BCUT2D eigenvalue weighted by Gasteiger charge is 2.19. The summed E-state index contributed by atoms with van der Waals surface area (Å²) < 4.78 is 5.47. The molecule has 3 aromatic carbocycles. The molecule has 0 bridgehead atoms. The van der Waals surface area contributed by atoms with E-state index in [0.29, 0.717) is 5.75 Å². The number of hydrogen-bond donors (Lipinski definition) is 1. The number of aromatic hydroxyl groups is 1. The first-order chi connectivity index (χ1) is 14.3. The second-order valence-electron chi connectivity index (χ2n) is 7.74. The number of phenols is 1. The quantitative estimate of drug-likeness (QED) is 0.672. The van der Waals surface area contributed by atoms with E-state index in [0.717, 1.165) is 55.6 Å². The molecule has 1 heterocycles. The van der Waals surface area contributed by atoms with Crippen molar-refractivity contribution >= 4 is 28.0 Å². The third-order valence-electron chi connectivity index (χ3n) is 5.96. The molecule has 1 saturated heterocycles. The van der Waals surface area contributed by atoms with Crippen LogP contribution in [0.15, 0.2) is 66.7 Å². The van der Waals surface area contributed by atoms with E-state index >= 15 is 0 Å². The minimum atomic E-state index is 0.330. The summed E-state index contributed by atoms with van der Waals surface area (Å²) in [6.45, 7) is 4.80. The van der Waals surface area contributed by atoms with Crippen molar-refractivity contribution in [3.63, 3.8) is 0 Å². The van der Waals surface area contributed by atoms with Crippen LogP contribution in [0.25, 0.3) is 28.0 Å². The first-order valence-electron chi connectivity index (χ1n) is 10.3. The van der Waals surface area contributed by atoms with Gasteiger partial charge < -0.3 is 9.84 Å². The molecule has 0 unspecified atom stereocenters. The van der Waals surface area contributed by atoms with Gasteiger partial charge in [-0.2, -0.15) is 0 Å². The number of nitrogens with zero attached hydrogens (tertiary/aromatic N) is 1. The average molecular weight is 383 g/mol. The molecular weight excluding hydrogens is 358 g/mol. The summed E-state index contributed by atoms with van der Waals surface area (Å²) in [5.74, 6) is 0.330. The lowest BCUT2D eigenvalue weighted by Gasteiger charge is -2.26. The number of hydrogen-bond acceptors (Lipinski definition) is 3. The molecule has 29 heavy (non-hydrogen) atoms. The van der Waals surface area contributed by atoms with Crippen LogP contribution in [0.3, 0.4) is 0 Å². The van der Waals surface area contributed by atoms with Crippen LogP contribution in [0.1, 0.15) is 23.1 Å². The van der Waals surface area contributed by atoms with Gasteiger partial charge in [0.2, 0.25) is 0 Å². The molecule has 3 heteroatoms. The lowest BCUT2D eigenvalue weighted by atomic mass is 9.99. The Kier molecular flexibility index (Phi) is 4.92. The highest BCUT2D eigenvalue weighted by molar-refractivity contribution is 6.05. The summed E-state index contributed by atoms with van der Waals surface area (Å²) in [6.07, 6.45) is 5.64. The van der Waals surface area contributed by atoms with Gasteiger partial charge in [0.25, 0.3) is 0 Å². The second kappa shape index (κ2) is 7.86. The van der Waals surface area contributed by atoms with E-state index in [1.165, 1.54) is 22.3 Å². The van der Waals surface area contributed by atoms with Crippen molar-refractivity contribution in [1.29, 1.82) is 0 Å². The molecule has 1 aliphatic carbocycles. The van der Waals surface area contributed by atoms with Crippen LogP contribution in [-0.2, 0) is 4.74 Å². The summed E-state index contributed by atoms with van der Waals surface area (Å²) in [5, 5.41) is 12.2. The van der Waals surface area contributed by atoms with Crippen LogP contribution in [0.5, 0.6) is 5.75 Å². The average Bonchev–Trinajstić information content (AvgIpc) is 3.13. The number of rotatable bonds is 4. The number of morpholine rings is 1. The van der Waals surface area contributed by atoms with Gasteiger partial charge in [0.15, 0.2) is 0 Å². The summed E-state index contributed by atoms with van der Waals surface area (Å²) in [4.78, 5) is 2.49. The zero-order valence-electron chi connectivity index (χ0n) is 16.5. The van der Waals surface area contributed by atoms with E-state index in [9.17, 15) is 5.11 Å². The Morgan fingerprint density at radius 1 is 0.862 bits per heavy atom. The molecular formula is C26H25NO2. The van der Waals surface area contributed by atoms with E-state index in [1.807, 2.05) is 24.3 Å². The van der Waals surface area contributed by atoms with Crippen molar-refractivity contribution in [3.8, 4) is 5.75 Å². The molecule has 3 aromatic rings. The van der Waals surface area contributed by atoms with Crippen molar-refractivity contribution in [3.05, 3.63) is 83.4 Å². The van der Waals surface area contributed by atoms with Gasteiger partial charge in [0.1, 0.15) is 5.75 Å². The molecule has 1 N–H and O–H groups in total. The van der Waals surface area contributed by atoms with E-state index in [1.54, 1.807) is 6.07 Å². The van der Waals surface area contributed by atoms with Gasteiger partial charge in [-0.05, 0) is 51.8 Å². The molecule has 1 fully saturated rings. The number of ether oxygens (including phenoxy) is 1. The third-order valence-corrected chi connectivity index (χ3v) is 5.96. The maximum Gasteiger partial charge on any atom is 0.123 e. The van der Waals surface area contributed by atoms with Gasteiger partial charge in [0.05, 0.1) is 13.2 Å². The normalized spacial score (nSPS) is 18.2. The molecule has 0 aromatic heterocycles. The number of benzene rings is 3. The standard InChI is InChI=1S/C26H25NO2/c28-26-10-9-19(23-6-3-4-8-25(23)26)17-21-18-20(22-5-1-2-7-24(21)22)11-12-27-13-15-29-16-14-27/h1-10,17-18,28H,11-16H2/b21-17+. The van der Waals surface area contributed by atoms with Crippen LogP contribution >= 0.6 is 0 Å². The molecule has 0 amide bonds. The van der Waals surface area contributed by atoms with Crippen molar-refractivity contribution in [2.24, 2.45) is 0 Å². The summed E-state index contributed by atoms with van der Waals surface area (Å²) >= 11 is 0. The Balaban J connectivity index is 1.50. The minimum Gasteiger partial charge on any atom is -0.507 e. The van der Waals surface area contributed by atoms with Crippen LogP contribution < -0.4 is 0 Å². The van der Waals surface area contributed by atoms with Crippen LogP contribution in [-0.4, -0.2) is 42.9 Å². The number of allylic oxidation sites excluding steroid dienone is 2. The second-order valence-corrected chi connectivity index (χ2v) is 7.74. The SMILES string of the molecule is Oc1ccc(/C=C2\C=C(CCN3CCOCC3)c3ccccc32)c2ccccc12. The van der Waals surface area contributed by atoms with E-state index in [-0.39, 0.29) is 0 Å². The first-order valence-corrected chi connectivity index (χ1v) is 10.3. The molecule has 0 spiro atoms. The van der Waals surface area contributed by atoms with Crippen LogP contribution in [0, 0.1) is 0 Å². The van der Waals surface area contributed by atoms with E-state index in [2.05, 4.69) is 47.4 Å². The minimum absolute atomic E-state index is 0.330.